The first-order valence-electron chi connectivity index (χ1n) is 6.62. The van der Waals surface area contributed by atoms with E-state index in [1.54, 1.807) is 19.2 Å². The minimum atomic E-state index is -0.956. The van der Waals surface area contributed by atoms with Crippen LogP contribution in [0, 0.1) is 0 Å². The summed E-state index contributed by atoms with van der Waals surface area (Å²) in [6.07, 6.45) is 0. The SMILES string of the molecule is COc1ccc(-c2cc(-c3ccc(C(=O)O)cc3)on2)cc1. The van der Waals surface area contributed by atoms with Gasteiger partial charge in [-0.1, -0.05) is 17.3 Å². The Morgan fingerprint density at radius 1 is 1.05 bits per heavy atom. The van der Waals surface area contributed by atoms with E-state index in [1.807, 2.05) is 30.3 Å². The van der Waals surface area contributed by atoms with Gasteiger partial charge in [0.2, 0.25) is 0 Å². The van der Waals surface area contributed by atoms with Gasteiger partial charge in [-0.2, -0.15) is 0 Å². The lowest BCUT2D eigenvalue weighted by Crippen LogP contribution is -1.94. The van der Waals surface area contributed by atoms with Crippen molar-refractivity contribution in [2.75, 3.05) is 7.11 Å². The van der Waals surface area contributed by atoms with Crippen molar-refractivity contribution in [1.82, 2.24) is 5.16 Å². The Hall–Kier alpha value is -3.08. The minimum absolute atomic E-state index is 0.235. The summed E-state index contributed by atoms with van der Waals surface area (Å²) in [7, 11) is 1.62. The minimum Gasteiger partial charge on any atom is -0.497 e. The fourth-order valence-corrected chi connectivity index (χ4v) is 2.09. The van der Waals surface area contributed by atoms with E-state index >= 15 is 0 Å². The van der Waals surface area contributed by atoms with Gasteiger partial charge in [0, 0.05) is 17.2 Å². The molecule has 0 saturated carbocycles. The largest absolute Gasteiger partial charge is 0.497 e. The fourth-order valence-electron chi connectivity index (χ4n) is 2.09. The number of hydrogen-bond acceptors (Lipinski definition) is 4. The first-order valence-corrected chi connectivity index (χ1v) is 6.62. The van der Waals surface area contributed by atoms with Gasteiger partial charge >= 0.3 is 5.97 Å². The molecule has 0 aliphatic rings. The number of aromatic nitrogens is 1. The second-order valence-electron chi connectivity index (χ2n) is 4.69. The van der Waals surface area contributed by atoms with Crippen LogP contribution in [0.4, 0.5) is 0 Å². The monoisotopic (exact) mass is 295 g/mol. The second-order valence-corrected chi connectivity index (χ2v) is 4.69. The van der Waals surface area contributed by atoms with Gasteiger partial charge in [0.15, 0.2) is 5.76 Å². The van der Waals surface area contributed by atoms with E-state index in [9.17, 15) is 4.79 Å². The Morgan fingerprint density at radius 3 is 2.27 bits per heavy atom. The maximum Gasteiger partial charge on any atom is 0.335 e. The third-order valence-electron chi connectivity index (χ3n) is 3.31. The summed E-state index contributed by atoms with van der Waals surface area (Å²) in [4.78, 5) is 10.8. The van der Waals surface area contributed by atoms with E-state index < -0.39 is 5.97 Å². The lowest BCUT2D eigenvalue weighted by atomic mass is 10.1. The summed E-state index contributed by atoms with van der Waals surface area (Å²) in [5.74, 6) is 0.405. The molecular formula is C17H13NO4. The number of benzene rings is 2. The Labute approximate surface area is 126 Å². The number of carbonyl (C=O) groups is 1. The summed E-state index contributed by atoms with van der Waals surface area (Å²) in [5.41, 5.74) is 2.63. The smallest absolute Gasteiger partial charge is 0.335 e. The Bertz CT molecular complexity index is 788. The predicted molar refractivity (Wildman–Crippen MR) is 80.9 cm³/mol. The predicted octanol–water partition coefficient (Wildman–Crippen LogP) is 3.72. The number of aromatic carboxylic acids is 1. The summed E-state index contributed by atoms with van der Waals surface area (Å²) >= 11 is 0. The normalized spacial score (nSPS) is 10.4. The van der Waals surface area contributed by atoms with Crippen LogP contribution >= 0.6 is 0 Å². The number of hydrogen-bond donors (Lipinski definition) is 1. The van der Waals surface area contributed by atoms with Crippen molar-refractivity contribution < 1.29 is 19.2 Å². The van der Waals surface area contributed by atoms with Crippen molar-refractivity contribution in [3.05, 3.63) is 60.2 Å². The summed E-state index contributed by atoms with van der Waals surface area (Å²) in [6, 6.07) is 15.8. The average Bonchev–Trinajstić information content (AvgIpc) is 3.05. The van der Waals surface area contributed by atoms with Gasteiger partial charge in [0.25, 0.3) is 0 Å². The molecule has 0 saturated heterocycles. The van der Waals surface area contributed by atoms with Crippen molar-refractivity contribution in [1.29, 1.82) is 0 Å². The fraction of sp³-hybridized carbons (Fsp3) is 0.0588. The van der Waals surface area contributed by atoms with Crippen molar-refractivity contribution in [3.8, 4) is 28.3 Å². The van der Waals surface area contributed by atoms with Gasteiger partial charge in [-0.3, -0.25) is 0 Å². The second kappa shape index (κ2) is 5.73. The van der Waals surface area contributed by atoms with E-state index in [2.05, 4.69) is 5.16 Å². The van der Waals surface area contributed by atoms with E-state index in [-0.39, 0.29) is 5.56 Å². The molecule has 1 N–H and O–H groups in total. The van der Waals surface area contributed by atoms with Crippen molar-refractivity contribution in [2.45, 2.75) is 0 Å². The molecule has 0 amide bonds. The number of methoxy groups -OCH3 is 1. The molecule has 1 aromatic heterocycles. The van der Waals surface area contributed by atoms with Crippen LogP contribution in [0.15, 0.2) is 59.1 Å². The molecule has 110 valence electrons. The van der Waals surface area contributed by atoms with Crippen LogP contribution in [0.2, 0.25) is 0 Å². The Morgan fingerprint density at radius 2 is 1.68 bits per heavy atom. The van der Waals surface area contributed by atoms with Gasteiger partial charge in [-0.05, 0) is 36.4 Å². The topological polar surface area (TPSA) is 72.6 Å². The standard InChI is InChI=1S/C17H13NO4/c1-21-14-8-6-11(7-9-14)15-10-16(22-18-15)12-2-4-13(5-3-12)17(19)20/h2-10H,1H3,(H,19,20). The van der Waals surface area contributed by atoms with Crippen molar-refractivity contribution >= 4 is 5.97 Å². The molecule has 0 aliphatic heterocycles. The molecule has 0 bridgehead atoms. The summed E-state index contributed by atoms with van der Waals surface area (Å²) in [6.45, 7) is 0. The van der Waals surface area contributed by atoms with Gasteiger partial charge in [0.1, 0.15) is 11.4 Å². The average molecular weight is 295 g/mol. The van der Waals surface area contributed by atoms with Gasteiger partial charge in [-0.25, -0.2) is 4.79 Å². The molecule has 3 rings (SSSR count). The van der Waals surface area contributed by atoms with Crippen LogP contribution in [-0.4, -0.2) is 23.3 Å². The molecule has 0 fully saturated rings. The highest BCUT2D eigenvalue weighted by Crippen LogP contribution is 2.27. The number of ether oxygens (including phenoxy) is 1. The van der Waals surface area contributed by atoms with E-state index in [0.717, 1.165) is 16.9 Å². The third-order valence-corrected chi connectivity index (χ3v) is 3.31. The highest BCUT2D eigenvalue weighted by Gasteiger charge is 2.10. The van der Waals surface area contributed by atoms with Crippen LogP contribution in [0.1, 0.15) is 10.4 Å². The molecule has 0 radical (unpaired) electrons. The van der Waals surface area contributed by atoms with E-state index in [1.165, 1.54) is 12.1 Å². The third kappa shape index (κ3) is 2.69. The van der Waals surface area contributed by atoms with Gasteiger partial charge in [-0.15, -0.1) is 0 Å². The highest BCUT2D eigenvalue weighted by molar-refractivity contribution is 5.88. The summed E-state index contributed by atoms with van der Waals surface area (Å²) in [5, 5.41) is 12.9. The van der Waals surface area contributed by atoms with Crippen LogP contribution in [-0.2, 0) is 0 Å². The van der Waals surface area contributed by atoms with Crippen LogP contribution in [0.3, 0.4) is 0 Å². The van der Waals surface area contributed by atoms with E-state index in [0.29, 0.717) is 11.5 Å². The molecule has 0 aliphatic carbocycles. The molecule has 5 nitrogen and oxygen atoms in total. The van der Waals surface area contributed by atoms with Crippen molar-refractivity contribution in [2.24, 2.45) is 0 Å². The Balaban J connectivity index is 1.87. The van der Waals surface area contributed by atoms with Crippen LogP contribution < -0.4 is 4.74 Å². The maximum atomic E-state index is 10.8. The zero-order chi connectivity index (χ0) is 15.5. The first kappa shape index (κ1) is 13.9. The Kier molecular flexibility index (Phi) is 3.62. The quantitative estimate of drug-likeness (QED) is 0.794. The zero-order valence-electron chi connectivity index (χ0n) is 11.8. The molecule has 22 heavy (non-hydrogen) atoms. The van der Waals surface area contributed by atoms with Crippen LogP contribution in [0.5, 0.6) is 5.75 Å². The highest BCUT2D eigenvalue weighted by atomic mass is 16.5. The molecule has 5 heteroatoms. The lowest BCUT2D eigenvalue weighted by Gasteiger charge is -1.99. The number of carboxylic acid groups (broad SMARTS) is 1. The first-order chi connectivity index (χ1) is 10.7. The lowest BCUT2D eigenvalue weighted by molar-refractivity contribution is 0.0697. The molecule has 0 spiro atoms. The van der Waals surface area contributed by atoms with Gasteiger partial charge in [0.05, 0.1) is 12.7 Å². The van der Waals surface area contributed by atoms with E-state index in [4.69, 9.17) is 14.4 Å². The zero-order valence-corrected chi connectivity index (χ0v) is 11.8. The molecule has 0 unspecified atom stereocenters. The molecule has 3 aromatic rings. The van der Waals surface area contributed by atoms with Gasteiger partial charge < -0.3 is 14.4 Å². The molecule has 0 atom stereocenters. The molecule has 2 aromatic carbocycles. The summed E-state index contributed by atoms with van der Waals surface area (Å²) < 4.78 is 10.5. The number of rotatable bonds is 4. The maximum absolute atomic E-state index is 10.8. The van der Waals surface area contributed by atoms with Crippen LogP contribution in [0.25, 0.3) is 22.6 Å². The number of nitrogens with zero attached hydrogens (tertiary/aromatic N) is 1. The molecular weight excluding hydrogens is 282 g/mol. The number of carboxylic acids is 1. The van der Waals surface area contributed by atoms with Crippen molar-refractivity contribution in [3.63, 3.8) is 0 Å². The molecule has 1 heterocycles.